The summed E-state index contributed by atoms with van der Waals surface area (Å²) in [5, 5.41) is 18.8. The van der Waals surface area contributed by atoms with Gasteiger partial charge >= 0.3 is 11.8 Å². The van der Waals surface area contributed by atoms with Crippen LogP contribution in [-0.2, 0) is 0 Å². The maximum absolute atomic E-state index is 10.5. The molecular weight excluding hydrogens is 244 g/mol. The summed E-state index contributed by atoms with van der Waals surface area (Å²) in [6, 6.07) is 0.895. The molecule has 0 spiro atoms. The molecule has 0 aliphatic carbocycles. The fourth-order valence-electron chi connectivity index (χ4n) is 0.691. The Labute approximate surface area is 80.5 Å². The van der Waals surface area contributed by atoms with Crippen LogP contribution in [0.5, 0.6) is 0 Å². The quantitative estimate of drug-likeness (QED) is 0.630. The Balaban J connectivity index is 3.27. The molecule has 1 aromatic heterocycles. The van der Waals surface area contributed by atoms with Gasteiger partial charge < -0.3 is 15.2 Å². The van der Waals surface area contributed by atoms with Crippen molar-refractivity contribution in [3.05, 3.63) is 32.4 Å². The molecule has 0 saturated carbocycles. The smallest absolute Gasteiger partial charge is 0.364 e. The average molecular weight is 247 g/mol. The fourth-order valence-corrected chi connectivity index (χ4v) is 1.08. The number of aromatic carboxylic acids is 1. The van der Waals surface area contributed by atoms with Crippen LogP contribution in [0.4, 0.5) is 5.82 Å². The van der Waals surface area contributed by atoms with Crippen LogP contribution in [0.25, 0.3) is 0 Å². The first-order valence-electron chi connectivity index (χ1n) is 3.05. The van der Waals surface area contributed by atoms with E-state index in [1.54, 1.807) is 0 Å². The Morgan fingerprint density at radius 3 is 2.77 bits per heavy atom. The first-order chi connectivity index (χ1) is 6.02. The first-order valence-corrected chi connectivity index (χ1v) is 3.85. The minimum absolute atomic E-state index is 0.179. The number of nitro groups is 1. The van der Waals surface area contributed by atoms with Crippen molar-refractivity contribution >= 4 is 27.7 Å². The normalized spacial score (nSPS) is 9.62. The summed E-state index contributed by atoms with van der Waals surface area (Å²) in [7, 11) is 0. The minimum atomic E-state index is -1.24. The molecule has 1 N–H and O–H groups in total. The summed E-state index contributed by atoms with van der Waals surface area (Å²) >= 11 is 2.91. The molecule has 0 atom stereocenters. The van der Waals surface area contributed by atoms with Gasteiger partial charge in [-0.15, -0.1) is 0 Å². The van der Waals surface area contributed by atoms with Crippen molar-refractivity contribution in [3.8, 4) is 0 Å². The van der Waals surface area contributed by atoms with E-state index in [1.807, 2.05) is 0 Å². The number of carboxylic acid groups (broad SMARTS) is 1. The van der Waals surface area contributed by atoms with E-state index in [0.717, 1.165) is 12.3 Å². The first kappa shape index (κ1) is 9.59. The third-order valence-electron chi connectivity index (χ3n) is 1.26. The van der Waals surface area contributed by atoms with Crippen LogP contribution in [0.2, 0.25) is 0 Å². The Hall–Kier alpha value is -1.50. The van der Waals surface area contributed by atoms with E-state index in [1.165, 1.54) is 0 Å². The molecule has 0 bridgehead atoms. The summed E-state index contributed by atoms with van der Waals surface area (Å²) in [6.45, 7) is 0. The van der Waals surface area contributed by atoms with E-state index in [2.05, 4.69) is 20.9 Å². The third kappa shape index (κ3) is 2.00. The predicted octanol–water partition coefficient (Wildman–Crippen LogP) is 1.45. The number of rotatable bonds is 2. The highest BCUT2D eigenvalue weighted by molar-refractivity contribution is 9.10. The molecule has 0 unspecified atom stereocenters. The molecule has 1 heterocycles. The number of pyridine rings is 1. The number of halogens is 1. The Morgan fingerprint density at radius 2 is 2.31 bits per heavy atom. The SMILES string of the molecule is O=C(O)c1cc([N+](=O)[O-])ncc1Br. The number of carboxylic acids is 1. The molecule has 13 heavy (non-hydrogen) atoms. The lowest BCUT2D eigenvalue weighted by molar-refractivity contribution is -0.389. The lowest BCUT2D eigenvalue weighted by Gasteiger charge is -1.96. The van der Waals surface area contributed by atoms with E-state index < -0.39 is 16.7 Å². The molecule has 0 saturated heterocycles. The highest BCUT2D eigenvalue weighted by atomic mass is 79.9. The van der Waals surface area contributed by atoms with E-state index in [4.69, 9.17) is 5.11 Å². The zero-order valence-electron chi connectivity index (χ0n) is 6.10. The maximum atomic E-state index is 10.5. The van der Waals surface area contributed by atoms with Crippen LogP contribution in [0.3, 0.4) is 0 Å². The van der Waals surface area contributed by atoms with Gasteiger partial charge in [-0.05, 0) is 25.8 Å². The molecule has 0 radical (unpaired) electrons. The number of carbonyl (C=O) groups is 1. The monoisotopic (exact) mass is 246 g/mol. The largest absolute Gasteiger partial charge is 0.478 e. The summed E-state index contributed by atoms with van der Waals surface area (Å²) < 4.78 is 0.214. The molecule has 0 fully saturated rings. The number of hydrogen-bond acceptors (Lipinski definition) is 4. The molecule has 68 valence electrons. The van der Waals surface area contributed by atoms with Gasteiger partial charge in [0.15, 0.2) is 6.20 Å². The fraction of sp³-hybridized carbons (Fsp3) is 0. The van der Waals surface area contributed by atoms with E-state index >= 15 is 0 Å². The van der Waals surface area contributed by atoms with Crippen LogP contribution < -0.4 is 0 Å². The lowest BCUT2D eigenvalue weighted by atomic mass is 10.3. The molecule has 0 aliphatic heterocycles. The number of nitrogens with zero attached hydrogens (tertiary/aromatic N) is 2. The van der Waals surface area contributed by atoms with Gasteiger partial charge in [0, 0.05) is 0 Å². The van der Waals surface area contributed by atoms with Crippen molar-refractivity contribution in [2.75, 3.05) is 0 Å². The second-order valence-electron chi connectivity index (χ2n) is 2.08. The van der Waals surface area contributed by atoms with Gasteiger partial charge in [-0.1, -0.05) is 0 Å². The predicted molar refractivity (Wildman–Crippen MR) is 45.6 cm³/mol. The molecule has 6 nitrogen and oxygen atoms in total. The Bertz CT molecular complexity index is 379. The Morgan fingerprint density at radius 1 is 1.69 bits per heavy atom. The summed E-state index contributed by atoms with van der Waals surface area (Å²) in [4.78, 5) is 23.4. The number of aromatic nitrogens is 1. The standard InChI is InChI=1S/C6H3BrN2O4/c7-4-2-8-5(9(12)13)1-3(4)6(10)11/h1-2H,(H,10,11). The second kappa shape index (κ2) is 3.48. The molecule has 7 heteroatoms. The molecular formula is C6H3BrN2O4. The van der Waals surface area contributed by atoms with Crippen LogP contribution in [0.1, 0.15) is 10.4 Å². The molecule has 0 aliphatic rings. The van der Waals surface area contributed by atoms with Crippen LogP contribution in [0, 0.1) is 10.1 Å². The Kier molecular flexibility index (Phi) is 2.57. The molecule has 0 amide bonds. The molecule has 1 aromatic rings. The number of hydrogen-bond donors (Lipinski definition) is 1. The topological polar surface area (TPSA) is 93.3 Å². The minimum Gasteiger partial charge on any atom is -0.478 e. The molecule has 1 rings (SSSR count). The van der Waals surface area contributed by atoms with Crippen molar-refractivity contribution in [1.29, 1.82) is 0 Å². The summed E-state index contributed by atoms with van der Waals surface area (Å²) in [6.07, 6.45) is 1.08. The van der Waals surface area contributed by atoms with E-state index in [0.29, 0.717) is 0 Å². The van der Waals surface area contributed by atoms with Crippen molar-refractivity contribution < 1.29 is 14.8 Å². The van der Waals surface area contributed by atoms with Crippen molar-refractivity contribution in [2.45, 2.75) is 0 Å². The molecule has 0 aromatic carbocycles. The maximum Gasteiger partial charge on any atom is 0.364 e. The van der Waals surface area contributed by atoms with Gasteiger partial charge in [0.2, 0.25) is 0 Å². The summed E-state index contributed by atoms with van der Waals surface area (Å²) in [5.41, 5.74) is -0.179. The highest BCUT2D eigenvalue weighted by Gasteiger charge is 2.16. The van der Waals surface area contributed by atoms with Crippen molar-refractivity contribution in [1.82, 2.24) is 4.98 Å². The van der Waals surface area contributed by atoms with Gasteiger partial charge in [-0.2, -0.15) is 0 Å². The van der Waals surface area contributed by atoms with Gasteiger partial charge in [-0.25, -0.2) is 4.79 Å². The zero-order valence-corrected chi connectivity index (χ0v) is 7.69. The lowest BCUT2D eigenvalue weighted by Crippen LogP contribution is -2.01. The third-order valence-corrected chi connectivity index (χ3v) is 1.89. The van der Waals surface area contributed by atoms with Crippen LogP contribution >= 0.6 is 15.9 Å². The summed E-state index contributed by atoms with van der Waals surface area (Å²) in [5.74, 6) is -1.72. The van der Waals surface area contributed by atoms with Gasteiger partial charge in [0.05, 0.1) is 16.1 Å². The second-order valence-corrected chi connectivity index (χ2v) is 2.94. The van der Waals surface area contributed by atoms with Crippen molar-refractivity contribution in [3.63, 3.8) is 0 Å². The van der Waals surface area contributed by atoms with Gasteiger partial charge in [-0.3, -0.25) is 0 Å². The van der Waals surface area contributed by atoms with Crippen LogP contribution in [-0.4, -0.2) is 21.0 Å². The van der Waals surface area contributed by atoms with Gasteiger partial charge in [0.1, 0.15) is 0 Å². The van der Waals surface area contributed by atoms with E-state index in [-0.39, 0.29) is 10.0 Å². The van der Waals surface area contributed by atoms with Crippen LogP contribution in [0.15, 0.2) is 16.7 Å². The average Bonchev–Trinajstić information content (AvgIpc) is 2.04. The van der Waals surface area contributed by atoms with E-state index in [9.17, 15) is 14.9 Å². The van der Waals surface area contributed by atoms with Gasteiger partial charge in [0.25, 0.3) is 0 Å². The zero-order chi connectivity index (χ0) is 10.0. The highest BCUT2D eigenvalue weighted by Crippen LogP contribution is 2.19. The van der Waals surface area contributed by atoms with Crippen molar-refractivity contribution in [2.24, 2.45) is 0 Å².